The minimum Gasteiger partial charge on any atom is -0.495 e. The average Bonchev–Trinajstić information content (AvgIpc) is 2.55. The van der Waals surface area contributed by atoms with E-state index in [0.717, 1.165) is 5.56 Å². The number of urea groups is 1. The number of methoxy groups -OCH3 is 1. The molecule has 0 saturated heterocycles. The van der Waals surface area contributed by atoms with Crippen LogP contribution in [-0.4, -0.2) is 25.1 Å². The van der Waals surface area contributed by atoms with E-state index in [9.17, 15) is 9.59 Å². The number of carbonyl (C=O) groups excluding carboxylic acids is 2. The summed E-state index contributed by atoms with van der Waals surface area (Å²) < 4.78 is 5.07. The van der Waals surface area contributed by atoms with Gasteiger partial charge in [0, 0.05) is 12.1 Å². The Labute approximate surface area is 144 Å². The van der Waals surface area contributed by atoms with Crippen molar-refractivity contribution in [2.24, 2.45) is 5.73 Å². The van der Waals surface area contributed by atoms with E-state index in [0.29, 0.717) is 22.9 Å². The van der Waals surface area contributed by atoms with Gasteiger partial charge in [-0.2, -0.15) is 0 Å². The summed E-state index contributed by atoms with van der Waals surface area (Å²) in [4.78, 5) is 23.7. The monoisotopic (exact) mass is 347 g/mol. The fourth-order valence-corrected chi connectivity index (χ4v) is 2.46. The Kier molecular flexibility index (Phi) is 6.03. The topological polar surface area (TPSA) is 93.4 Å². The number of amides is 3. The second-order valence-corrected chi connectivity index (χ2v) is 5.50. The largest absolute Gasteiger partial charge is 0.495 e. The summed E-state index contributed by atoms with van der Waals surface area (Å²) in [5.41, 5.74) is 6.57. The maximum Gasteiger partial charge on any atom is 0.312 e. The highest BCUT2D eigenvalue weighted by atomic mass is 35.5. The predicted octanol–water partition coefficient (Wildman–Crippen LogP) is 2.57. The molecule has 7 heteroatoms. The highest BCUT2D eigenvalue weighted by Crippen LogP contribution is 2.27. The summed E-state index contributed by atoms with van der Waals surface area (Å²) in [6.07, 6.45) is 0.319. The zero-order valence-corrected chi connectivity index (χ0v) is 13.8. The van der Waals surface area contributed by atoms with E-state index in [-0.39, 0.29) is 5.91 Å². The molecule has 4 N–H and O–H groups in total. The zero-order valence-electron chi connectivity index (χ0n) is 13.1. The summed E-state index contributed by atoms with van der Waals surface area (Å²) in [6.45, 7) is 0. The van der Waals surface area contributed by atoms with Crippen molar-refractivity contribution in [1.82, 2.24) is 5.32 Å². The number of benzene rings is 2. The van der Waals surface area contributed by atoms with Gasteiger partial charge in [0.15, 0.2) is 0 Å². The lowest BCUT2D eigenvalue weighted by Gasteiger charge is -2.18. The quantitative estimate of drug-likeness (QED) is 0.749. The molecular weight excluding hydrogens is 330 g/mol. The highest BCUT2D eigenvalue weighted by Gasteiger charge is 2.20. The van der Waals surface area contributed by atoms with Gasteiger partial charge < -0.3 is 21.1 Å². The number of nitrogens with one attached hydrogen (secondary N) is 2. The van der Waals surface area contributed by atoms with Crippen LogP contribution in [0.1, 0.15) is 5.56 Å². The molecule has 3 amide bonds. The number of carbonyl (C=O) groups is 2. The van der Waals surface area contributed by atoms with Crippen LogP contribution in [0.25, 0.3) is 0 Å². The van der Waals surface area contributed by atoms with E-state index in [1.165, 1.54) is 7.11 Å². The van der Waals surface area contributed by atoms with E-state index in [1.807, 2.05) is 30.3 Å². The van der Waals surface area contributed by atoms with Crippen molar-refractivity contribution in [1.29, 1.82) is 0 Å². The van der Waals surface area contributed by atoms with Gasteiger partial charge in [-0.15, -0.1) is 0 Å². The molecule has 0 aliphatic heterocycles. The van der Waals surface area contributed by atoms with Crippen LogP contribution in [0, 0.1) is 0 Å². The Morgan fingerprint density at radius 1 is 1.21 bits per heavy atom. The van der Waals surface area contributed by atoms with E-state index in [1.54, 1.807) is 18.2 Å². The minimum absolute atomic E-state index is 0.319. The summed E-state index contributed by atoms with van der Waals surface area (Å²) in [5, 5.41) is 5.54. The highest BCUT2D eigenvalue weighted by molar-refractivity contribution is 6.32. The lowest BCUT2D eigenvalue weighted by Crippen LogP contribution is -2.47. The van der Waals surface area contributed by atoms with Crippen LogP contribution >= 0.6 is 11.6 Å². The average molecular weight is 348 g/mol. The molecule has 0 unspecified atom stereocenters. The molecule has 0 radical (unpaired) electrons. The van der Waals surface area contributed by atoms with Gasteiger partial charge in [0.25, 0.3) is 0 Å². The Bertz CT molecular complexity index is 722. The van der Waals surface area contributed by atoms with Gasteiger partial charge in [0.1, 0.15) is 11.8 Å². The number of nitrogens with two attached hydrogens (primary N) is 1. The molecule has 24 heavy (non-hydrogen) atoms. The molecule has 1 atom stereocenters. The first-order valence-electron chi connectivity index (χ1n) is 7.24. The first kappa shape index (κ1) is 17.6. The van der Waals surface area contributed by atoms with Gasteiger partial charge in [-0.3, -0.25) is 4.79 Å². The van der Waals surface area contributed by atoms with Gasteiger partial charge in [-0.1, -0.05) is 41.9 Å². The summed E-state index contributed by atoms with van der Waals surface area (Å²) in [6, 6.07) is 12.6. The lowest BCUT2D eigenvalue weighted by atomic mass is 10.1. The molecule has 126 valence electrons. The molecule has 0 spiro atoms. The molecule has 2 aromatic carbocycles. The van der Waals surface area contributed by atoms with Crippen LogP contribution < -0.4 is 21.1 Å². The molecule has 2 aromatic rings. The second-order valence-electron chi connectivity index (χ2n) is 5.09. The number of halogens is 1. The Morgan fingerprint density at radius 2 is 1.92 bits per heavy atom. The number of rotatable bonds is 6. The van der Waals surface area contributed by atoms with Crippen LogP contribution in [0.2, 0.25) is 5.02 Å². The van der Waals surface area contributed by atoms with Crippen molar-refractivity contribution < 1.29 is 14.3 Å². The second kappa shape index (κ2) is 8.21. The Balaban J connectivity index is 2.12. The SMILES string of the molecule is COc1ccc(NC(=O)[C@H](Cc2ccccc2)NC(N)=O)cc1Cl. The molecule has 0 aliphatic carbocycles. The van der Waals surface area contributed by atoms with Crippen LogP contribution in [0.15, 0.2) is 48.5 Å². The molecule has 0 saturated carbocycles. The van der Waals surface area contributed by atoms with E-state index in [4.69, 9.17) is 22.1 Å². The number of hydrogen-bond acceptors (Lipinski definition) is 3. The standard InChI is InChI=1S/C17H18ClN3O3/c1-24-15-8-7-12(10-13(15)18)20-16(22)14(21-17(19)23)9-11-5-3-2-4-6-11/h2-8,10,14H,9H2,1H3,(H,20,22)(H3,19,21,23)/t14-/m0/s1. The van der Waals surface area contributed by atoms with Crippen molar-refractivity contribution in [3.63, 3.8) is 0 Å². The van der Waals surface area contributed by atoms with E-state index >= 15 is 0 Å². The fraction of sp³-hybridized carbons (Fsp3) is 0.176. The van der Waals surface area contributed by atoms with Crippen LogP contribution in [0.4, 0.5) is 10.5 Å². The molecule has 0 fully saturated rings. The number of ether oxygens (including phenoxy) is 1. The molecule has 0 aliphatic rings. The van der Waals surface area contributed by atoms with Crippen molar-refractivity contribution in [2.45, 2.75) is 12.5 Å². The molecule has 0 bridgehead atoms. The van der Waals surface area contributed by atoms with Crippen LogP contribution in [-0.2, 0) is 11.2 Å². The third kappa shape index (κ3) is 4.89. The maximum absolute atomic E-state index is 12.5. The number of anilines is 1. The van der Waals surface area contributed by atoms with Gasteiger partial charge in [0.05, 0.1) is 12.1 Å². The van der Waals surface area contributed by atoms with Crippen molar-refractivity contribution in [2.75, 3.05) is 12.4 Å². The van der Waals surface area contributed by atoms with Crippen molar-refractivity contribution in [3.8, 4) is 5.75 Å². The summed E-state index contributed by atoms with van der Waals surface area (Å²) in [5.74, 6) is 0.115. The fourth-order valence-electron chi connectivity index (χ4n) is 2.20. The van der Waals surface area contributed by atoms with Gasteiger partial charge >= 0.3 is 6.03 Å². The smallest absolute Gasteiger partial charge is 0.312 e. The maximum atomic E-state index is 12.5. The third-order valence-electron chi connectivity index (χ3n) is 3.33. The Hall–Kier alpha value is -2.73. The minimum atomic E-state index is -0.800. The van der Waals surface area contributed by atoms with Gasteiger partial charge in [-0.05, 0) is 23.8 Å². The summed E-state index contributed by atoms with van der Waals surface area (Å²) in [7, 11) is 1.51. The van der Waals surface area contributed by atoms with Crippen molar-refractivity contribution in [3.05, 3.63) is 59.1 Å². The number of primary amides is 1. The number of hydrogen-bond donors (Lipinski definition) is 3. The first-order chi connectivity index (χ1) is 11.5. The van der Waals surface area contributed by atoms with Crippen LogP contribution in [0.5, 0.6) is 5.75 Å². The molecule has 0 heterocycles. The lowest BCUT2D eigenvalue weighted by molar-refractivity contribution is -0.117. The summed E-state index contributed by atoms with van der Waals surface area (Å²) >= 11 is 6.04. The first-order valence-corrected chi connectivity index (χ1v) is 7.61. The molecule has 2 rings (SSSR count). The predicted molar refractivity (Wildman–Crippen MR) is 93.3 cm³/mol. The normalized spacial score (nSPS) is 11.4. The zero-order chi connectivity index (χ0) is 17.5. The van der Waals surface area contributed by atoms with E-state index in [2.05, 4.69) is 10.6 Å². The molecular formula is C17H18ClN3O3. The van der Waals surface area contributed by atoms with Crippen molar-refractivity contribution >= 4 is 29.2 Å². The molecule has 0 aromatic heterocycles. The third-order valence-corrected chi connectivity index (χ3v) is 3.63. The van der Waals surface area contributed by atoms with E-state index < -0.39 is 12.1 Å². The van der Waals surface area contributed by atoms with Gasteiger partial charge in [-0.25, -0.2) is 4.79 Å². The van der Waals surface area contributed by atoms with Gasteiger partial charge in [0.2, 0.25) is 5.91 Å². The Morgan fingerprint density at radius 3 is 2.50 bits per heavy atom. The molecule has 6 nitrogen and oxygen atoms in total. The van der Waals surface area contributed by atoms with Crippen LogP contribution in [0.3, 0.4) is 0 Å².